The van der Waals surface area contributed by atoms with E-state index in [4.69, 9.17) is 9.72 Å². The molecule has 0 radical (unpaired) electrons. The van der Waals surface area contributed by atoms with Gasteiger partial charge in [-0.05, 0) is 57.8 Å². The van der Waals surface area contributed by atoms with Crippen molar-refractivity contribution in [2.75, 3.05) is 20.2 Å². The van der Waals surface area contributed by atoms with Crippen LogP contribution in [0.1, 0.15) is 44.0 Å². The van der Waals surface area contributed by atoms with Crippen LogP contribution in [-0.4, -0.2) is 45.7 Å². The summed E-state index contributed by atoms with van der Waals surface area (Å²) in [6.07, 6.45) is 8.21. The van der Waals surface area contributed by atoms with E-state index in [1.165, 1.54) is 31.5 Å². The quantitative estimate of drug-likeness (QED) is 0.874. The monoisotopic (exact) mass is 300 g/mol. The first-order valence-corrected chi connectivity index (χ1v) is 8.46. The van der Waals surface area contributed by atoms with Crippen LogP contribution in [0.2, 0.25) is 0 Å². The molecule has 5 nitrogen and oxygen atoms in total. The maximum Gasteiger partial charge on any atom is 0.160 e. The van der Waals surface area contributed by atoms with Crippen LogP contribution in [0.4, 0.5) is 0 Å². The molecule has 2 aromatic rings. The van der Waals surface area contributed by atoms with Crippen LogP contribution in [0.5, 0.6) is 0 Å². The van der Waals surface area contributed by atoms with E-state index >= 15 is 0 Å². The van der Waals surface area contributed by atoms with E-state index in [9.17, 15) is 0 Å². The van der Waals surface area contributed by atoms with Crippen LogP contribution in [0.25, 0.3) is 11.2 Å². The number of likely N-dealkylation sites (tertiary alicyclic amines) is 1. The first-order valence-electron chi connectivity index (χ1n) is 8.46. The number of pyridine rings is 1. The second-order valence-corrected chi connectivity index (χ2v) is 6.55. The van der Waals surface area contributed by atoms with Crippen molar-refractivity contribution in [1.82, 2.24) is 19.4 Å². The third kappa shape index (κ3) is 2.52. The summed E-state index contributed by atoms with van der Waals surface area (Å²) in [5.41, 5.74) is 2.01. The smallest absolute Gasteiger partial charge is 0.160 e. The van der Waals surface area contributed by atoms with Gasteiger partial charge in [-0.1, -0.05) is 0 Å². The van der Waals surface area contributed by atoms with E-state index in [2.05, 4.69) is 27.6 Å². The lowest BCUT2D eigenvalue weighted by Crippen LogP contribution is -2.28. The molecule has 0 amide bonds. The van der Waals surface area contributed by atoms with E-state index in [1.807, 2.05) is 12.3 Å². The molecule has 2 aliphatic heterocycles. The summed E-state index contributed by atoms with van der Waals surface area (Å²) in [5, 5.41) is 0. The number of rotatable bonds is 3. The number of nitrogens with zero attached hydrogens (tertiary/aromatic N) is 4. The van der Waals surface area contributed by atoms with Gasteiger partial charge in [-0.3, -0.25) is 4.90 Å². The maximum absolute atomic E-state index is 5.95. The highest BCUT2D eigenvalue weighted by molar-refractivity contribution is 5.71. The fourth-order valence-corrected chi connectivity index (χ4v) is 3.80. The average molecular weight is 300 g/mol. The molecule has 22 heavy (non-hydrogen) atoms. The molecule has 2 aromatic heterocycles. The van der Waals surface area contributed by atoms with Gasteiger partial charge < -0.3 is 9.30 Å². The fraction of sp³-hybridized carbons (Fsp3) is 0.647. The van der Waals surface area contributed by atoms with Crippen molar-refractivity contribution in [3.8, 4) is 0 Å². The molecule has 118 valence electrons. The normalized spacial score (nSPS) is 26.8. The summed E-state index contributed by atoms with van der Waals surface area (Å²) < 4.78 is 8.27. The topological polar surface area (TPSA) is 43.2 Å². The van der Waals surface area contributed by atoms with Gasteiger partial charge >= 0.3 is 0 Å². The molecule has 2 atom stereocenters. The van der Waals surface area contributed by atoms with E-state index in [0.29, 0.717) is 12.1 Å². The number of hydrogen-bond donors (Lipinski definition) is 0. The Hall–Kier alpha value is -1.46. The zero-order valence-corrected chi connectivity index (χ0v) is 13.2. The molecule has 0 aromatic carbocycles. The maximum atomic E-state index is 5.95. The van der Waals surface area contributed by atoms with E-state index < -0.39 is 0 Å². The van der Waals surface area contributed by atoms with Crippen molar-refractivity contribution in [3.05, 3.63) is 24.2 Å². The van der Waals surface area contributed by atoms with Crippen molar-refractivity contribution in [2.24, 2.45) is 0 Å². The Balaban J connectivity index is 1.72. The highest BCUT2D eigenvalue weighted by atomic mass is 16.5. The molecule has 5 heteroatoms. The molecule has 2 saturated heterocycles. The van der Waals surface area contributed by atoms with Gasteiger partial charge in [-0.15, -0.1) is 0 Å². The fourth-order valence-electron chi connectivity index (χ4n) is 3.80. The molecule has 2 fully saturated rings. The third-order valence-electron chi connectivity index (χ3n) is 5.01. The molecule has 2 aliphatic rings. The highest BCUT2D eigenvalue weighted by Gasteiger charge is 2.29. The first-order chi connectivity index (χ1) is 10.8. The summed E-state index contributed by atoms with van der Waals surface area (Å²) >= 11 is 0. The number of imidazole rings is 1. The molecule has 0 aliphatic carbocycles. The van der Waals surface area contributed by atoms with Gasteiger partial charge in [0.2, 0.25) is 0 Å². The molecular formula is C17H24N4O. The second-order valence-electron chi connectivity index (χ2n) is 6.55. The van der Waals surface area contributed by atoms with Crippen LogP contribution in [0, 0.1) is 0 Å². The number of aromatic nitrogens is 3. The summed E-state index contributed by atoms with van der Waals surface area (Å²) in [5.74, 6) is 1.17. The number of fused-ring (bicyclic) bond motifs is 1. The predicted octanol–water partition coefficient (Wildman–Crippen LogP) is 2.77. The minimum absolute atomic E-state index is 0.304. The SMILES string of the molecule is CN1CCCC1c1nc2cccnc2n1CC1CCCCO1. The molecule has 4 heterocycles. The zero-order chi connectivity index (χ0) is 14.9. The number of ether oxygens (including phenoxy) is 1. The summed E-state index contributed by atoms with van der Waals surface area (Å²) in [4.78, 5) is 11.9. The Morgan fingerprint density at radius 2 is 2.23 bits per heavy atom. The Labute approximate surface area is 131 Å². The van der Waals surface area contributed by atoms with Crippen LogP contribution < -0.4 is 0 Å². The van der Waals surface area contributed by atoms with Crippen LogP contribution >= 0.6 is 0 Å². The zero-order valence-electron chi connectivity index (χ0n) is 13.2. The minimum atomic E-state index is 0.304. The average Bonchev–Trinajstić information content (AvgIpc) is 3.12. The van der Waals surface area contributed by atoms with Crippen LogP contribution in [0.3, 0.4) is 0 Å². The van der Waals surface area contributed by atoms with Gasteiger partial charge in [0.05, 0.1) is 18.7 Å². The summed E-state index contributed by atoms with van der Waals surface area (Å²) in [6, 6.07) is 4.45. The van der Waals surface area contributed by atoms with E-state index in [0.717, 1.165) is 37.3 Å². The van der Waals surface area contributed by atoms with Gasteiger partial charge in [-0.2, -0.15) is 0 Å². The molecule has 0 saturated carbocycles. The van der Waals surface area contributed by atoms with Crippen molar-refractivity contribution >= 4 is 11.2 Å². The first kappa shape index (κ1) is 14.2. The molecule has 2 unspecified atom stereocenters. The summed E-state index contributed by atoms with van der Waals surface area (Å²) in [7, 11) is 2.20. The molecular weight excluding hydrogens is 276 g/mol. The molecule has 0 spiro atoms. The highest BCUT2D eigenvalue weighted by Crippen LogP contribution is 2.32. The lowest BCUT2D eigenvalue weighted by atomic mass is 10.1. The Morgan fingerprint density at radius 1 is 1.27 bits per heavy atom. The largest absolute Gasteiger partial charge is 0.376 e. The van der Waals surface area contributed by atoms with Crippen LogP contribution in [0.15, 0.2) is 18.3 Å². The molecule has 0 bridgehead atoms. The molecule has 4 rings (SSSR count). The van der Waals surface area contributed by atoms with Gasteiger partial charge in [0.25, 0.3) is 0 Å². The standard InChI is InChI=1S/C17H24N4O/c1-20-10-5-8-15(20)17-19-14-7-4-9-18-16(14)21(17)12-13-6-2-3-11-22-13/h4,7,9,13,15H,2-3,5-6,8,10-12H2,1H3. The second kappa shape index (κ2) is 5.97. The van der Waals surface area contributed by atoms with Crippen LogP contribution in [-0.2, 0) is 11.3 Å². The van der Waals surface area contributed by atoms with Crippen molar-refractivity contribution in [3.63, 3.8) is 0 Å². The lowest BCUT2D eigenvalue weighted by Gasteiger charge is -2.26. The van der Waals surface area contributed by atoms with Crippen molar-refractivity contribution in [1.29, 1.82) is 0 Å². The number of hydrogen-bond acceptors (Lipinski definition) is 4. The van der Waals surface area contributed by atoms with Crippen molar-refractivity contribution in [2.45, 2.75) is 50.8 Å². The van der Waals surface area contributed by atoms with E-state index in [1.54, 1.807) is 0 Å². The van der Waals surface area contributed by atoms with Gasteiger partial charge in [-0.25, -0.2) is 9.97 Å². The van der Waals surface area contributed by atoms with E-state index in [-0.39, 0.29) is 0 Å². The molecule has 0 N–H and O–H groups in total. The van der Waals surface area contributed by atoms with Gasteiger partial charge in [0, 0.05) is 12.8 Å². The Kier molecular flexibility index (Phi) is 3.84. The summed E-state index contributed by atoms with van der Waals surface area (Å²) in [6.45, 7) is 2.93. The predicted molar refractivity (Wildman–Crippen MR) is 85.7 cm³/mol. The third-order valence-corrected chi connectivity index (χ3v) is 5.01. The lowest BCUT2D eigenvalue weighted by molar-refractivity contribution is 0.00563. The minimum Gasteiger partial charge on any atom is -0.376 e. The van der Waals surface area contributed by atoms with Gasteiger partial charge in [0.15, 0.2) is 5.65 Å². The Bertz CT molecular complexity index is 647. The Morgan fingerprint density at radius 3 is 3.00 bits per heavy atom. The van der Waals surface area contributed by atoms with Gasteiger partial charge in [0.1, 0.15) is 11.3 Å². The van der Waals surface area contributed by atoms with Crippen molar-refractivity contribution < 1.29 is 4.74 Å².